The van der Waals surface area contributed by atoms with E-state index in [-0.39, 0.29) is 5.41 Å². The molecule has 1 aliphatic rings. The van der Waals surface area contributed by atoms with Gasteiger partial charge in [-0.1, -0.05) is 178 Å². The molecule has 0 bridgehead atoms. The van der Waals surface area contributed by atoms with E-state index in [0.29, 0.717) is 5.82 Å². The van der Waals surface area contributed by atoms with Crippen molar-refractivity contribution >= 4 is 31.5 Å². The predicted octanol–water partition coefficient (Wildman–Crippen LogP) is 15.2. The lowest BCUT2D eigenvalue weighted by Gasteiger charge is -2.24. The lowest BCUT2D eigenvalue weighted by Crippen LogP contribution is -2.16. The van der Waals surface area contributed by atoms with Crippen LogP contribution in [0.4, 0.5) is 0 Å². The summed E-state index contributed by atoms with van der Waals surface area (Å²) < 4.78 is 2.60. The van der Waals surface area contributed by atoms with Crippen LogP contribution in [0.15, 0.2) is 194 Å². The van der Waals surface area contributed by atoms with Crippen molar-refractivity contribution in [3.8, 4) is 78.4 Å². The van der Waals surface area contributed by atoms with Gasteiger partial charge < -0.3 is 0 Å². The SMILES string of the molecule is CC1(C)c2ccccc2-c2cccc(-c3ccc(-c4cc(-c5cc(-c6ccccc6)cc(-c6cccc7c6sc6ccccc67)c5)nc(-c5ccccc5)n4)cc3)c21. The molecule has 3 heteroatoms. The van der Waals surface area contributed by atoms with Gasteiger partial charge in [-0.05, 0) is 86.0 Å². The first-order chi connectivity index (χ1) is 28.5. The van der Waals surface area contributed by atoms with Crippen LogP contribution in [0.3, 0.4) is 0 Å². The fourth-order valence-corrected chi connectivity index (χ4v) is 10.3. The average molecular weight is 759 g/mol. The summed E-state index contributed by atoms with van der Waals surface area (Å²) in [6.07, 6.45) is 0. The van der Waals surface area contributed by atoms with Crippen LogP contribution in [0, 0.1) is 0 Å². The van der Waals surface area contributed by atoms with Gasteiger partial charge in [-0.2, -0.15) is 0 Å². The minimum Gasteiger partial charge on any atom is -0.228 e. The van der Waals surface area contributed by atoms with E-state index in [0.717, 1.165) is 33.6 Å². The smallest absolute Gasteiger partial charge is 0.160 e. The first kappa shape index (κ1) is 34.3. The van der Waals surface area contributed by atoms with E-state index in [1.165, 1.54) is 70.2 Å². The Labute approximate surface area is 342 Å². The summed E-state index contributed by atoms with van der Waals surface area (Å²) in [6, 6.07) is 70.0. The summed E-state index contributed by atoms with van der Waals surface area (Å²) in [4.78, 5) is 10.5. The number of aromatic nitrogens is 2. The van der Waals surface area contributed by atoms with Gasteiger partial charge in [0.1, 0.15) is 0 Å². The third-order valence-corrected chi connectivity index (χ3v) is 13.1. The second kappa shape index (κ2) is 13.6. The highest BCUT2D eigenvalue weighted by Gasteiger charge is 2.37. The van der Waals surface area contributed by atoms with Crippen LogP contribution < -0.4 is 0 Å². The molecule has 0 amide bonds. The molecule has 2 heterocycles. The highest BCUT2D eigenvalue weighted by Crippen LogP contribution is 2.52. The van der Waals surface area contributed by atoms with E-state index in [9.17, 15) is 0 Å². The molecule has 0 atom stereocenters. The van der Waals surface area contributed by atoms with Gasteiger partial charge in [-0.15, -0.1) is 11.3 Å². The van der Waals surface area contributed by atoms with E-state index in [4.69, 9.17) is 9.97 Å². The zero-order chi connectivity index (χ0) is 38.8. The van der Waals surface area contributed by atoms with Gasteiger partial charge in [0.15, 0.2) is 5.82 Å². The van der Waals surface area contributed by atoms with E-state index < -0.39 is 0 Å². The highest BCUT2D eigenvalue weighted by molar-refractivity contribution is 7.26. The van der Waals surface area contributed by atoms with Crippen molar-refractivity contribution in [1.29, 1.82) is 0 Å². The lowest BCUT2D eigenvalue weighted by molar-refractivity contribution is 0.662. The first-order valence-electron chi connectivity index (χ1n) is 19.9. The second-order valence-corrected chi connectivity index (χ2v) is 16.8. The van der Waals surface area contributed by atoms with Crippen molar-refractivity contribution in [3.05, 3.63) is 205 Å². The van der Waals surface area contributed by atoms with E-state index in [1.54, 1.807) is 0 Å². The molecule has 58 heavy (non-hydrogen) atoms. The second-order valence-electron chi connectivity index (χ2n) is 15.7. The minimum atomic E-state index is -0.0943. The number of fused-ring (bicyclic) bond motifs is 6. The van der Waals surface area contributed by atoms with Gasteiger partial charge >= 0.3 is 0 Å². The molecule has 2 aromatic heterocycles. The van der Waals surface area contributed by atoms with Crippen molar-refractivity contribution in [3.63, 3.8) is 0 Å². The molecule has 274 valence electrons. The Morgan fingerprint density at radius 3 is 1.76 bits per heavy atom. The molecular weight excluding hydrogens is 721 g/mol. The van der Waals surface area contributed by atoms with Crippen molar-refractivity contribution in [2.75, 3.05) is 0 Å². The summed E-state index contributed by atoms with van der Waals surface area (Å²) in [5.74, 6) is 0.704. The van der Waals surface area contributed by atoms with Crippen LogP contribution in [0.2, 0.25) is 0 Å². The molecule has 0 saturated heterocycles. The van der Waals surface area contributed by atoms with Gasteiger partial charge in [0, 0.05) is 42.3 Å². The van der Waals surface area contributed by atoms with Crippen LogP contribution >= 0.6 is 11.3 Å². The van der Waals surface area contributed by atoms with Crippen molar-refractivity contribution in [2.45, 2.75) is 19.3 Å². The minimum absolute atomic E-state index is 0.0943. The molecule has 0 aliphatic heterocycles. The number of thiophene rings is 1. The van der Waals surface area contributed by atoms with Crippen molar-refractivity contribution in [1.82, 2.24) is 9.97 Å². The Morgan fingerprint density at radius 1 is 0.379 bits per heavy atom. The molecular formula is C55H38N2S. The Hall–Kier alpha value is -6.94. The molecule has 10 aromatic rings. The maximum Gasteiger partial charge on any atom is 0.160 e. The van der Waals surface area contributed by atoms with Crippen LogP contribution in [0.25, 0.3) is 98.6 Å². The number of rotatable bonds is 6. The number of hydrogen-bond acceptors (Lipinski definition) is 3. The topological polar surface area (TPSA) is 25.8 Å². The van der Waals surface area contributed by atoms with Crippen molar-refractivity contribution in [2.24, 2.45) is 0 Å². The van der Waals surface area contributed by atoms with Gasteiger partial charge in [-0.25, -0.2) is 9.97 Å². The standard InChI is InChI=1S/C55H38N2S/c1-55(2)48-25-11-9-19-44(48)46-23-13-21-42(52(46)55)36-27-29-37(30-28-36)49-34-50(57-54(56-49)38-17-7-4-8-18-38)41-32-39(35-15-5-3-6-16-35)31-40(33-41)43-22-14-24-47-45-20-10-12-26-51(45)58-53(43)47/h3-34H,1-2H3. The zero-order valence-electron chi connectivity index (χ0n) is 32.3. The van der Waals surface area contributed by atoms with Crippen LogP contribution in [0.1, 0.15) is 25.0 Å². The number of nitrogens with zero attached hydrogens (tertiary/aromatic N) is 2. The summed E-state index contributed by atoms with van der Waals surface area (Å²) in [5.41, 5.74) is 17.4. The fraction of sp³-hybridized carbons (Fsp3) is 0.0545. The quantitative estimate of drug-likeness (QED) is 0.169. The maximum absolute atomic E-state index is 5.30. The van der Waals surface area contributed by atoms with Gasteiger partial charge in [-0.3, -0.25) is 0 Å². The molecule has 0 N–H and O–H groups in total. The van der Waals surface area contributed by atoms with Gasteiger partial charge in [0.05, 0.1) is 11.4 Å². The summed E-state index contributed by atoms with van der Waals surface area (Å²) in [5, 5.41) is 2.59. The molecule has 0 fully saturated rings. The normalized spacial score (nSPS) is 12.8. The third kappa shape index (κ3) is 5.69. The predicted molar refractivity (Wildman–Crippen MR) is 245 cm³/mol. The molecule has 0 radical (unpaired) electrons. The monoisotopic (exact) mass is 758 g/mol. The third-order valence-electron chi connectivity index (χ3n) is 11.9. The number of benzene rings is 8. The summed E-state index contributed by atoms with van der Waals surface area (Å²) in [7, 11) is 0. The average Bonchev–Trinajstić information content (AvgIpc) is 3.79. The Bertz CT molecular complexity index is 3180. The lowest BCUT2D eigenvalue weighted by atomic mass is 9.79. The van der Waals surface area contributed by atoms with Crippen LogP contribution in [0.5, 0.6) is 0 Å². The van der Waals surface area contributed by atoms with E-state index in [2.05, 4.69) is 202 Å². The summed E-state index contributed by atoms with van der Waals surface area (Å²) in [6.45, 7) is 4.70. The Kier molecular flexibility index (Phi) is 8.06. The Morgan fingerprint density at radius 2 is 0.948 bits per heavy atom. The molecule has 1 aliphatic carbocycles. The molecule has 0 unspecified atom stereocenters. The van der Waals surface area contributed by atoms with Gasteiger partial charge in [0.25, 0.3) is 0 Å². The molecule has 2 nitrogen and oxygen atoms in total. The Balaban J connectivity index is 1.07. The molecule has 0 saturated carbocycles. The van der Waals surface area contributed by atoms with Gasteiger partial charge in [0.2, 0.25) is 0 Å². The maximum atomic E-state index is 5.30. The van der Waals surface area contributed by atoms with E-state index in [1.807, 2.05) is 17.4 Å². The first-order valence-corrected chi connectivity index (χ1v) is 20.7. The number of hydrogen-bond donors (Lipinski definition) is 0. The van der Waals surface area contributed by atoms with E-state index >= 15 is 0 Å². The molecule has 11 rings (SSSR count). The largest absolute Gasteiger partial charge is 0.228 e. The highest BCUT2D eigenvalue weighted by atomic mass is 32.1. The van der Waals surface area contributed by atoms with Crippen LogP contribution in [-0.2, 0) is 5.41 Å². The molecule has 8 aromatic carbocycles. The molecule has 0 spiro atoms. The zero-order valence-corrected chi connectivity index (χ0v) is 33.1. The van der Waals surface area contributed by atoms with Crippen LogP contribution in [-0.4, -0.2) is 9.97 Å². The van der Waals surface area contributed by atoms with Crippen molar-refractivity contribution < 1.29 is 0 Å². The summed E-state index contributed by atoms with van der Waals surface area (Å²) >= 11 is 1.86. The fourth-order valence-electron chi connectivity index (χ4n) is 9.07.